The number of guanidine groups is 1. The number of nitrogens with one attached hydrogen (secondary N) is 1. The van der Waals surface area contributed by atoms with Gasteiger partial charge in [0, 0.05) is 39.1 Å². The third-order valence-corrected chi connectivity index (χ3v) is 4.41. The van der Waals surface area contributed by atoms with E-state index >= 15 is 0 Å². The molecule has 26 heavy (non-hydrogen) atoms. The van der Waals surface area contributed by atoms with Crippen molar-refractivity contribution in [3.05, 3.63) is 41.7 Å². The van der Waals surface area contributed by atoms with Crippen LogP contribution in [-0.2, 0) is 19.5 Å². The summed E-state index contributed by atoms with van der Waals surface area (Å²) in [4.78, 5) is 6.69. The highest BCUT2D eigenvalue weighted by molar-refractivity contribution is 14.0. The molecule has 1 aromatic carbocycles. The number of nitrogens with zero attached hydrogens (tertiary/aromatic N) is 4. The Kier molecular flexibility index (Phi) is 7.55. The van der Waals surface area contributed by atoms with Gasteiger partial charge in [0.1, 0.15) is 0 Å². The summed E-state index contributed by atoms with van der Waals surface area (Å²) in [6.07, 6.45) is 4.70. The highest BCUT2D eigenvalue weighted by atomic mass is 127. The van der Waals surface area contributed by atoms with Crippen LogP contribution in [-0.4, -0.2) is 55.0 Å². The fraction of sp³-hybridized carbons (Fsp3) is 0.444. The van der Waals surface area contributed by atoms with E-state index in [0.29, 0.717) is 0 Å². The summed E-state index contributed by atoms with van der Waals surface area (Å²) in [7, 11) is 5.16. The Labute approximate surface area is 171 Å². The Bertz CT molecular complexity index is 733. The zero-order valence-corrected chi connectivity index (χ0v) is 17.8. The second kappa shape index (κ2) is 9.65. The Hall–Kier alpha value is -1.97. The lowest BCUT2D eigenvalue weighted by atomic mass is 9.99. The van der Waals surface area contributed by atoms with Gasteiger partial charge in [0.25, 0.3) is 0 Å². The van der Waals surface area contributed by atoms with Crippen molar-refractivity contribution in [1.82, 2.24) is 20.0 Å². The molecular formula is C18H26IN5O2. The zero-order chi connectivity index (χ0) is 17.6. The number of halogens is 1. The van der Waals surface area contributed by atoms with Gasteiger partial charge in [-0.2, -0.15) is 5.10 Å². The topological polar surface area (TPSA) is 63.9 Å². The summed E-state index contributed by atoms with van der Waals surface area (Å²) in [5, 5.41) is 7.63. The molecule has 0 spiro atoms. The number of aliphatic imine (C=N–C) groups is 1. The summed E-state index contributed by atoms with van der Waals surface area (Å²) < 4.78 is 12.7. The van der Waals surface area contributed by atoms with Crippen molar-refractivity contribution >= 4 is 29.9 Å². The van der Waals surface area contributed by atoms with Gasteiger partial charge in [-0.25, -0.2) is 0 Å². The Morgan fingerprint density at radius 3 is 2.58 bits per heavy atom. The molecule has 2 heterocycles. The first-order chi connectivity index (χ1) is 12.2. The molecule has 0 fully saturated rings. The molecule has 2 aromatic rings. The SMILES string of the molecule is CN=C(NCCn1cccn1)N1CCc2cc(OC)c(OC)cc2C1.I. The predicted molar refractivity (Wildman–Crippen MR) is 113 cm³/mol. The van der Waals surface area contributed by atoms with E-state index in [0.717, 1.165) is 50.1 Å². The number of aromatic nitrogens is 2. The number of methoxy groups -OCH3 is 2. The first-order valence-corrected chi connectivity index (χ1v) is 8.42. The van der Waals surface area contributed by atoms with E-state index in [2.05, 4.69) is 32.4 Å². The Morgan fingerprint density at radius 1 is 1.23 bits per heavy atom. The first kappa shape index (κ1) is 20.3. The standard InChI is InChI=1S/C18H25N5O2.HI/c1-19-18(20-7-10-23-8-4-6-21-23)22-9-5-14-11-16(24-2)17(25-3)12-15(14)13-22;/h4,6,8,11-12H,5,7,9-10,13H2,1-3H3,(H,19,20);1H. The van der Waals surface area contributed by atoms with Gasteiger partial charge < -0.3 is 19.7 Å². The molecule has 1 N–H and O–H groups in total. The number of hydrogen-bond donors (Lipinski definition) is 1. The number of rotatable bonds is 5. The monoisotopic (exact) mass is 471 g/mol. The molecule has 0 bridgehead atoms. The minimum absolute atomic E-state index is 0. The van der Waals surface area contributed by atoms with Crippen LogP contribution in [0, 0.1) is 0 Å². The second-order valence-electron chi connectivity index (χ2n) is 5.89. The summed E-state index contributed by atoms with van der Waals surface area (Å²) >= 11 is 0. The highest BCUT2D eigenvalue weighted by Crippen LogP contribution is 2.33. The molecule has 1 aliphatic rings. The molecule has 142 valence electrons. The Morgan fingerprint density at radius 2 is 1.96 bits per heavy atom. The minimum atomic E-state index is 0. The molecule has 0 amide bonds. The van der Waals surface area contributed by atoms with Crippen molar-refractivity contribution in [2.45, 2.75) is 19.5 Å². The molecule has 8 heteroatoms. The fourth-order valence-electron chi connectivity index (χ4n) is 3.11. The molecule has 7 nitrogen and oxygen atoms in total. The van der Waals surface area contributed by atoms with Gasteiger partial charge in [0.15, 0.2) is 17.5 Å². The van der Waals surface area contributed by atoms with E-state index in [1.807, 2.05) is 24.0 Å². The molecule has 0 saturated heterocycles. The van der Waals surface area contributed by atoms with Crippen molar-refractivity contribution in [1.29, 1.82) is 0 Å². The maximum Gasteiger partial charge on any atom is 0.194 e. The maximum absolute atomic E-state index is 5.43. The van der Waals surface area contributed by atoms with Crippen molar-refractivity contribution in [3.8, 4) is 11.5 Å². The third-order valence-electron chi connectivity index (χ3n) is 4.41. The molecule has 0 atom stereocenters. The van der Waals surface area contributed by atoms with E-state index < -0.39 is 0 Å². The average Bonchev–Trinajstić information content (AvgIpc) is 3.17. The maximum atomic E-state index is 5.43. The van der Waals surface area contributed by atoms with Crippen LogP contribution in [0.3, 0.4) is 0 Å². The third kappa shape index (κ3) is 4.60. The number of ether oxygens (including phenoxy) is 2. The first-order valence-electron chi connectivity index (χ1n) is 8.42. The van der Waals surface area contributed by atoms with E-state index in [9.17, 15) is 0 Å². The van der Waals surface area contributed by atoms with Gasteiger partial charge in [-0.3, -0.25) is 9.67 Å². The van der Waals surface area contributed by atoms with Gasteiger partial charge in [-0.1, -0.05) is 0 Å². The van der Waals surface area contributed by atoms with Crippen LogP contribution in [0.1, 0.15) is 11.1 Å². The summed E-state index contributed by atoms with van der Waals surface area (Å²) in [5.41, 5.74) is 2.56. The average molecular weight is 471 g/mol. The highest BCUT2D eigenvalue weighted by Gasteiger charge is 2.21. The number of hydrogen-bond acceptors (Lipinski definition) is 4. The van der Waals surface area contributed by atoms with Crippen LogP contribution in [0.5, 0.6) is 11.5 Å². The molecule has 0 unspecified atom stereocenters. The largest absolute Gasteiger partial charge is 0.493 e. The molecular weight excluding hydrogens is 445 g/mol. The molecule has 0 saturated carbocycles. The summed E-state index contributed by atoms with van der Waals surface area (Å²) in [6, 6.07) is 6.08. The lowest BCUT2D eigenvalue weighted by Crippen LogP contribution is -2.44. The molecule has 1 aliphatic heterocycles. The number of fused-ring (bicyclic) bond motifs is 1. The predicted octanol–water partition coefficient (Wildman–Crippen LogP) is 2.15. The smallest absolute Gasteiger partial charge is 0.194 e. The fourth-order valence-corrected chi connectivity index (χ4v) is 3.11. The van der Waals surface area contributed by atoms with Crippen LogP contribution in [0.25, 0.3) is 0 Å². The van der Waals surface area contributed by atoms with Gasteiger partial charge >= 0.3 is 0 Å². The Balaban J connectivity index is 0.00000243. The molecule has 3 rings (SSSR count). The lowest BCUT2D eigenvalue weighted by molar-refractivity contribution is 0.345. The van der Waals surface area contributed by atoms with Gasteiger partial charge in [0.05, 0.1) is 20.8 Å². The minimum Gasteiger partial charge on any atom is -0.493 e. The quantitative estimate of drug-likeness (QED) is 0.412. The summed E-state index contributed by atoms with van der Waals surface area (Å²) in [5.74, 6) is 2.47. The van der Waals surface area contributed by atoms with Crippen LogP contribution in [0.4, 0.5) is 0 Å². The molecule has 0 aliphatic carbocycles. The molecule has 1 aromatic heterocycles. The van der Waals surface area contributed by atoms with E-state index in [1.54, 1.807) is 20.4 Å². The van der Waals surface area contributed by atoms with Crippen LogP contribution in [0.2, 0.25) is 0 Å². The second-order valence-corrected chi connectivity index (χ2v) is 5.89. The molecule has 0 radical (unpaired) electrons. The summed E-state index contributed by atoms with van der Waals surface area (Å²) in [6.45, 7) is 3.31. The number of benzene rings is 1. The van der Waals surface area contributed by atoms with Crippen LogP contribution >= 0.6 is 24.0 Å². The van der Waals surface area contributed by atoms with E-state index in [4.69, 9.17) is 9.47 Å². The van der Waals surface area contributed by atoms with Crippen molar-refractivity contribution in [3.63, 3.8) is 0 Å². The van der Waals surface area contributed by atoms with Crippen molar-refractivity contribution in [2.24, 2.45) is 4.99 Å². The van der Waals surface area contributed by atoms with Gasteiger partial charge in [0.2, 0.25) is 0 Å². The van der Waals surface area contributed by atoms with Crippen molar-refractivity contribution in [2.75, 3.05) is 34.4 Å². The lowest BCUT2D eigenvalue weighted by Gasteiger charge is -2.32. The zero-order valence-electron chi connectivity index (χ0n) is 15.4. The van der Waals surface area contributed by atoms with E-state index in [1.165, 1.54) is 11.1 Å². The van der Waals surface area contributed by atoms with Crippen molar-refractivity contribution < 1.29 is 9.47 Å². The van der Waals surface area contributed by atoms with Crippen LogP contribution in [0.15, 0.2) is 35.6 Å². The normalized spacial score (nSPS) is 13.7. The van der Waals surface area contributed by atoms with E-state index in [-0.39, 0.29) is 24.0 Å². The van der Waals surface area contributed by atoms with Crippen LogP contribution < -0.4 is 14.8 Å². The van der Waals surface area contributed by atoms with Gasteiger partial charge in [-0.05, 0) is 35.7 Å². The van der Waals surface area contributed by atoms with Gasteiger partial charge in [-0.15, -0.1) is 24.0 Å².